The molecule has 0 unspecified atom stereocenters. The Morgan fingerprint density at radius 2 is 2.44 bits per heavy atom. The third kappa shape index (κ3) is 2.09. The van der Waals surface area contributed by atoms with Gasteiger partial charge in [-0.2, -0.15) is 11.3 Å². The molecule has 0 bridgehead atoms. The Balaban J connectivity index is 1.83. The molecule has 0 atom stereocenters. The average Bonchev–Trinajstić information content (AvgIpc) is 2.91. The molecule has 18 heavy (non-hydrogen) atoms. The van der Waals surface area contributed by atoms with Crippen LogP contribution < -0.4 is 9.64 Å². The first-order valence-corrected chi connectivity index (χ1v) is 6.67. The first kappa shape index (κ1) is 11.2. The molecule has 0 radical (unpaired) electrons. The van der Waals surface area contributed by atoms with Crippen molar-refractivity contribution in [2.45, 2.75) is 6.42 Å². The van der Waals surface area contributed by atoms with Crippen LogP contribution >= 0.6 is 11.3 Å². The second-order valence-corrected chi connectivity index (χ2v) is 4.83. The Kier molecular flexibility index (Phi) is 2.98. The zero-order valence-electron chi connectivity index (χ0n) is 9.70. The number of amides is 1. The zero-order chi connectivity index (χ0) is 12.4. The van der Waals surface area contributed by atoms with Gasteiger partial charge in [0.05, 0.1) is 19.2 Å². The summed E-state index contributed by atoms with van der Waals surface area (Å²) < 4.78 is 5.51. The normalized spacial score (nSPS) is 13.9. The molecule has 5 heteroatoms. The molecule has 3 rings (SSSR count). The van der Waals surface area contributed by atoms with Gasteiger partial charge in [-0.1, -0.05) is 0 Å². The lowest BCUT2D eigenvalue weighted by molar-refractivity contribution is -0.118. The molecule has 4 nitrogen and oxygen atoms in total. The second kappa shape index (κ2) is 4.78. The number of pyridine rings is 1. The quantitative estimate of drug-likeness (QED) is 0.830. The number of thiophene rings is 1. The molecule has 1 aliphatic heterocycles. The summed E-state index contributed by atoms with van der Waals surface area (Å²) in [7, 11) is 0. The van der Waals surface area contributed by atoms with E-state index in [4.69, 9.17) is 4.74 Å². The smallest absolute Gasteiger partial charge is 0.231 e. The van der Waals surface area contributed by atoms with Gasteiger partial charge >= 0.3 is 0 Å². The maximum absolute atomic E-state index is 12.3. The lowest BCUT2D eigenvalue weighted by Gasteiger charge is -2.28. The van der Waals surface area contributed by atoms with E-state index >= 15 is 0 Å². The van der Waals surface area contributed by atoms with Crippen LogP contribution in [0.3, 0.4) is 0 Å². The number of carbonyl (C=O) groups is 1. The number of aromatic nitrogens is 1. The third-order valence-electron chi connectivity index (χ3n) is 2.86. The standard InChI is InChI=1S/C13H12N2O2S/c16-13(7-10-2-6-18-9-10)15-4-5-17-12-1-3-14-8-11(12)15/h1-3,6,8-9H,4-5,7H2. The van der Waals surface area contributed by atoms with Gasteiger partial charge in [-0.3, -0.25) is 9.78 Å². The molecular weight excluding hydrogens is 248 g/mol. The highest BCUT2D eigenvalue weighted by Crippen LogP contribution is 2.30. The Labute approximate surface area is 109 Å². The van der Waals surface area contributed by atoms with Crippen molar-refractivity contribution in [3.8, 4) is 5.75 Å². The number of carbonyl (C=O) groups excluding carboxylic acids is 1. The summed E-state index contributed by atoms with van der Waals surface area (Å²) in [6, 6.07) is 3.77. The van der Waals surface area contributed by atoms with Gasteiger partial charge in [0.25, 0.3) is 0 Å². The average molecular weight is 260 g/mol. The molecule has 0 aliphatic carbocycles. The molecule has 2 aromatic heterocycles. The monoisotopic (exact) mass is 260 g/mol. The third-order valence-corrected chi connectivity index (χ3v) is 3.59. The van der Waals surface area contributed by atoms with Gasteiger partial charge in [-0.15, -0.1) is 0 Å². The summed E-state index contributed by atoms with van der Waals surface area (Å²) in [5.74, 6) is 0.820. The zero-order valence-corrected chi connectivity index (χ0v) is 10.5. The minimum absolute atomic E-state index is 0.0888. The van der Waals surface area contributed by atoms with Crippen molar-refractivity contribution in [3.05, 3.63) is 40.8 Å². The van der Waals surface area contributed by atoms with Crippen molar-refractivity contribution < 1.29 is 9.53 Å². The van der Waals surface area contributed by atoms with E-state index in [1.54, 1.807) is 34.7 Å². The number of hydrogen-bond donors (Lipinski definition) is 0. The van der Waals surface area contributed by atoms with E-state index in [-0.39, 0.29) is 5.91 Å². The predicted octanol–water partition coefficient (Wildman–Crippen LogP) is 2.11. The van der Waals surface area contributed by atoms with E-state index in [0.29, 0.717) is 19.6 Å². The Hall–Kier alpha value is -1.88. The van der Waals surface area contributed by atoms with E-state index in [1.807, 2.05) is 16.8 Å². The number of fused-ring (bicyclic) bond motifs is 1. The van der Waals surface area contributed by atoms with Gasteiger partial charge in [-0.25, -0.2) is 0 Å². The molecular formula is C13H12N2O2S. The van der Waals surface area contributed by atoms with Gasteiger partial charge in [0.15, 0.2) is 0 Å². The Bertz CT molecular complexity index is 554. The fourth-order valence-electron chi connectivity index (χ4n) is 1.99. The highest BCUT2D eigenvalue weighted by Gasteiger charge is 2.23. The highest BCUT2D eigenvalue weighted by molar-refractivity contribution is 7.08. The van der Waals surface area contributed by atoms with Crippen LogP contribution in [-0.2, 0) is 11.2 Å². The van der Waals surface area contributed by atoms with Crippen LogP contribution in [0.25, 0.3) is 0 Å². The molecule has 92 valence electrons. The molecule has 0 saturated carbocycles. The second-order valence-electron chi connectivity index (χ2n) is 4.05. The predicted molar refractivity (Wildman–Crippen MR) is 70.1 cm³/mol. The van der Waals surface area contributed by atoms with E-state index in [2.05, 4.69) is 4.98 Å². The van der Waals surface area contributed by atoms with Gasteiger partial charge in [0.2, 0.25) is 5.91 Å². The van der Waals surface area contributed by atoms with Crippen LogP contribution in [-0.4, -0.2) is 24.0 Å². The van der Waals surface area contributed by atoms with Crippen LogP contribution in [0.4, 0.5) is 5.69 Å². The fraction of sp³-hybridized carbons (Fsp3) is 0.231. The van der Waals surface area contributed by atoms with Crippen LogP contribution in [0.5, 0.6) is 5.75 Å². The topological polar surface area (TPSA) is 42.4 Å². The molecule has 0 spiro atoms. The lowest BCUT2D eigenvalue weighted by atomic mass is 10.2. The van der Waals surface area contributed by atoms with Crippen molar-refractivity contribution in [1.82, 2.24) is 4.98 Å². The van der Waals surface area contributed by atoms with Crippen molar-refractivity contribution in [3.63, 3.8) is 0 Å². The van der Waals surface area contributed by atoms with Gasteiger partial charge < -0.3 is 9.64 Å². The maximum Gasteiger partial charge on any atom is 0.231 e. The summed E-state index contributed by atoms with van der Waals surface area (Å²) in [5, 5.41) is 3.99. The van der Waals surface area contributed by atoms with Gasteiger partial charge in [0, 0.05) is 12.3 Å². The summed E-state index contributed by atoms with van der Waals surface area (Å²) in [5.41, 5.74) is 1.82. The molecule has 1 amide bonds. The number of rotatable bonds is 2. The van der Waals surface area contributed by atoms with E-state index in [9.17, 15) is 4.79 Å². The van der Waals surface area contributed by atoms with Crippen LogP contribution in [0.15, 0.2) is 35.3 Å². The minimum atomic E-state index is 0.0888. The molecule has 2 aromatic rings. The van der Waals surface area contributed by atoms with Gasteiger partial charge in [0.1, 0.15) is 18.0 Å². The van der Waals surface area contributed by atoms with Crippen LogP contribution in [0.2, 0.25) is 0 Å². The number of hydrogen-bond acceptors (Lipinski definition) is 4. The summed E-state index contributed by atoms with van der Waals surface area (Å²) >= 11 is 1.61. The lowest BCUT2D eigenvalue weighted by Crippen LogP contribution is -2.38. The number of anilines is 1. The van der Waals surface area contributed by atoms with Gasteiger partial charge in [-0.05, 0) is 22.4 Å². The molecule has 1 aliphatic rings. The van der Waals surface area contributed by atoms with Crippen molar-refractivity contribution in [2.75, 3.05) is 18.1 Å². The molecule has 0 N–H and O–H groups in total. The number of nitrogens with zero attached hydrogens (tertiary/aromatic N) is 2. The molecule has 3 heterocycles. The Morgan fingerprint density at radius 1 is 1.50 bits per heavy atom. The Morgan fingerprint density at radius 3 is 3.28 bits per heavy atom. The van der Waals surface area contributed by atoms with Crippen molar-refractivity contribution >= 4 is 22.9 Å². The fourth-order valence-corrected chi connectivity index (χ4v) is 2.66. The summed E-state index contributed by atoms with van der Waals surface area (Å²) in [6.07, 6.45) is 3.78. The number of ether oxygens (including phenoxy) is 1. The molecule has 0 fully saturated rings. The van der Waals surface area contributed by atoms with Crippen LogP contribution in [0.1, 0.15) is 5.56 Å². The van der Waals surface area contributed by atoms with E-state index < -0.39 is 0 Å². The summed E-state index contributed by atoms with van der Waals surface area (Å²) in [4.78, 5) is 18.1. The van der Waals surface area contributed by atoms with E-state index in [0.717, 1.165) is 17.0 Å². The summed E-state index contributed by atoms with van der Waals surface area (Å²) in [6.45, 7) is 1.12. The largest absolute Gasteiger partial charge is 0.489 e. The van der Waals surface area contributed by atoms with Crippen molar-refractivity contribution in [1.29, 1.82) is 0 Å². The van der Waals surface area contributed by atoms with E-state index in [1.165, 1.54) is 0 Å². The highest BCUT2D eigenvalue weighted by atomic mass is 32.1. The first-order chi connectivity index (χ1) is 8.84. The van der Waals surface area contributed by atoms with Crippen molar-refractivity contribution in [2.24, 2.45) is 0 Å². The first-order valence-electron chi connectivity index (χ1n) is 5.73. The molecule has 0 saturated heterocycles. The minimum Gasteiger partial charge on any atom is -0.489 e. The molecule has 0 aromatic carbocycles. The maximum atomic E-state index is 12.3. The van der Waals surface area contributed by atoms with Crippen LogP contribution in [0, 0.1) is 0 Å². The SMILES string of the molecule is O=C(Cc1ccsc1)N1CCOc2ccncc21.